The molecule has 16 heavy (non-hydrogen) atoms. The van der Waals surface area contributed by atoms with Crippen LogP contribution in [-0.4, -0.2) is 25.3 Å². The molecular weight excluding hydrogens is 212 g/mol. The smallest absolute Gasteiger partial charge is 0.248 e. The number of carbonyl (C=O) groups excluding carboxylic acids is 1. The van der Waals surface area contributed by atoms with Crippen LogP contribution < -0.4 is 5.32 Å². The highest BCUT2D eigenvalue weighted by Crippen LogP contribution is 2.40. The summed E-state index contributed by atoms with van der Waals surface area (Å²) in [5.41, 5.74) is 0. The van der Waals surface area contributed by atoms with Crippen LogP contribution in [0.5, 0.6) is 0 Å². The highest BCUT2D eigenvalue weighted by molar-refractivity contribution is 5.54. The zero-order chi connectivity index (χ0) is 11.6. The van der Waals surface area contributed by atoms with Crippen LogP contribution in [0, 0.1) is 17.8 Å². The van der Waals surface area contributed by atoms with Gasteiger partial charge in [-0.1, -0.05) is 0 Å². The molecule has 0 aromatic carbocycles. The summed E-state index contributed by atoms with van der Waals surface area (Å²) < 4.78 is 26.0. The lowest BCUT2D eigenvalue weighted by Crippen LogP contribution is -2.41. The number of hydrogen-bond acceptors (Lipinski definition) is 2. The minimum atomic E-state index is -2.44. The van der Waals surface area contributed by atoms with E-state index in [1.807, 2.05) is 0 Å². The molecule has 1 N–H and O–H groups in total. The first-order chi connectivity index (χ1) is 7.61. The number of halogens is 2. The van der Waals surface area contributed by atoms with Crippen LogP contribution in [0.2, 0.25) is 0 Å². The van der Waals surface area contributed by atoms with E-state index in [0.29, 0.717) is 24.7 Å². The number of carbonyl (C=O) groups is 1. The van der Waals surface area contributed by atoms with Crippen molar-refractivity contribution in [1.29, 1.82) is 0 Å². The summed E-state index contributed by atoms with van der Waals surface area (Å²) in [5.74, 6) is -1.56. The largest absolute Gasteiger partial charge is 0.316 e. The molecule has 4 heteroatoms. The summed E-state index contributed by atoms with van der Waals surface area (Å²) in [5, 5.41) is 3.24. The minimum Gasteiger partial charge on any atom is -0.316 e. The predicted molar refractivity (Wildman–Crippen MR) is 57.4 cm³/mol. The Labute approximate surface area is 94.8 Å². The maximum Gasteiger partial charge on any atom is 0.248 e. The third-order valence-corrected chi connectivity index (χ3v) is 4.04. The van der Waals surface area contributed by atoms with E-state index in [0.717, 1.165) is 25.8 Å². The SMILES string of the molecule is O=CC1CNCC(C2CCC(F)(F)CC2)C1. The molecule has 0 aromatic rings. The van der Waals surface area contributed by atoms with Gasteiger partial charge in [0.2, 0.25) is 5.92 Å². The predicted octanol–water partition coefficient (Wildman–Crippen LogP) is 2.24. The zero-order valence-corrected chi connectivity index (χ0v) is 9.42. The Kier molecular flexibility index (Phi) is 3.57. The second-order valence-corrected chi connectivity index (χ2v) is 5.24. The number of piperidine rings is 1. The number of nitrogens with one attached hydrogen (secondary N) is 1. The lowest BCUT2D eigenvalue weighted by atomic mass is 9.74. The van der Waals surface area contributed by atoms with Gasteiger partial charge in [0.05, 0.1) is 0 Å². The monoisotopic (exact) mass is 231 g/mol. The van der Waals surface area contributed by atoms with Gasteiger partial charge in [0.15, 0.2) is 0 Å². The summed E-state index contributed by atoms with van der Waals surface area (Å²) in [6.45, 7) is 1.64. The van der Waals surface area contributed by atoms with Crippen molar-refractivity contribution in [2.75, 3.05) is 13.1 Å². The van der Waals surface area contributed by atoms with Crippen LogP contribution in [0.3, 0.4) is 0 Å². The number of hydrogen-bond donors (Lipinski definition) is 1. The molecule has 1 saturated carbocycles. The second-order valence-electron chi connectivity index (χ2n) is 5.24. The summed E-state index contributed by atoms with van der Waals surface area (Å²) in [7, 11) is 0. The Bertz CT molecular complexity index is 247. The van der Waals surface area contributed by atoms with Crippen LogP contribution >= 0.6 is 0 Å². The first kappa shape index (κ1) is 12.0. The number of aldehydes is 1. The quantitative estimate of drug-likeness (QED) is 0.738. The van der Waals surface area contributed by atoms with Crippen molar-refractivity contribution in [3.63, 3.8) is 0 Å². The second kappa shape index (κ2) is 4.78. The van der Waals surface area contributed by atoms with Gasteiger partial charge in [-0.15, -0.1) is 0 Å². The Hall–Kier alpha value is -0.510. The van der Waals surface area contributed by atoms with E-state index in [2.05, 4.69) is 5.32 Å². The van der Waals surface area contributed by atoms with Gasteiger partial charge >= 0.3 is 0 Å². The molecule has 0 aromatic heterocycles. The van der Waals surface area contributed by atoms with Gasteiger partial charge in [-0.2, -0.15) is 0 Å². The van der Waals surface area contributed by atoms with Gasteiger partial charge in [0.1, 0.15) is 6.29 Å². The van der Waals surface area contributed by atoms with Crippen LogP contribution in [-0.2, 0) is 4.79 Å². The van der Waals surface area contributed by atoms with Crippen molar-refractivity contribution in [3.8, 4) is 0 Å². The van der Waals surface area contributed by atoms with E-state index >= 15 is 0 Å². The van der Waals surface area contributed by atoms with Gasteiger partial charge in [-0.05, 0) is 37.6 Å². The zero-order valence-electron chi connectivity index (χ0n) is 9.42. The Morgan fingerprint density at radius 1 is 1.12 bits per heavy atom. The van der Waals surface area contributed by atoms with Crippen molar-refractivity contribution in [2.24, 2.45) is 17.8 Å². The fraction of sp³-hybridized carbons (Fsp3) is 0.917. The van der Waals surface area contributed by atoms with Gasteiger partial charge in [-0.25, -0.2) is 8.78 Å². The third kappa shape index (κ3) is 2.78. The van der Waals surface area contributed by atoms with Gasteiger partial charge in [0, 0.05) is 25.3 Å². The highest BCUT2D eigenvalue weighted by Gasteiger charge is 2.38. The maximum atomic E-state index is 13.0. The van der Waals surface area contributed by atoms with Crippen LogP contribution in [0.4, 0.5) is 8.78 Å². The molecule has 0 radical (unpaired) electrons. The van der Waals surface area contributed by atoms with Crippen LogP contribution in [0.15, 0.2) is 0 Å². The average molecular weight is 231 g/mol. The molecule has 2 nitrogen and oxygen atoms in total. The van der Waals surface area contributed by atoms with Crippen molar-refractivity contribution >= 4 is 6.29 Å². The van der Waals surface area contributed by atoms with E-state index in [1.165, 1.54) is 0 Å². The number of alkyl halides is 2. The fourth-order valence-electron chi connectivity index (χ4n) is 3.01. The molecule has 2 unspecified atom stereocenters. The number of rotatable bonds is 2. The lowest BCUT2D eigenvalue weighted by molar-refractivity contribution is -0.112. The van der Waals surface area contributed by atoms with E-state index in [1.54, 1.807) is 0 Å². The van der Waals surface area contributed by atoms with Gasteiger partial charge < -0.3 is 10.1 Å². The molecule has 0 amide bonds. The summed E-state index contributed by atoms with van der Waals surface area (Å²) in [6, 6.07) is 0. The van der Waals surface area contributed by atoms with Crippen LogP contribution in [0.25, 0.3) is 0 Å². The Morgan fingerprint density at radius 2 is 1.81 bits per heavy atom. The van der Waals surface area contributed by atoms with Crippen LogP contribution in [0.1, 0.15) is 32.1 Å². The van der Waals surface area contributed by atoms with Crippen molar-refractivity contribution in [1.82, 2.24) is 5.32 Å². The molecule has 1 aliphatic carbocycles. The summed E-state index contributed by atoms with van der Waals surface area (Å²) >= 11 is 0. The topological polar surface area (TPSA) is 29.1 Å². The maximum absolute atomic E-state index is 13.0. The molecule has 2 atom stereocenters. The standard InChI is InChI=1S/C12H19F2NO/c13-12(14)3-1-10(2-4-12)11-5-9(8-16)6-15-7-11/h8-11,15H,1-7H2. The molecule has 1 aliphatic heterocycles. The van der Waals surface area contributed by atoms with Crippen molar-refractivity contribution < 1.29 is 13.6 Å². The normalized spacial score (nSPS) is 35.9. The Balaban J connectivity index is 1.86. The van der Waals surface area contributed by atoms with E-state index in [4.69, 9.17) is 0 Å². The summed E-state index contributed by atoms with van der Waals surface area (Å²) in [4.78, 5) is 10.7. The minimum absolute atomic E-state index is 0.0277. The molecule has 0 bridgehead atoms. The first-order valence-electron chi connectivity index (χ1n) is 6.14. The van der Waals surface area contributed by atoms with Gasteiger partial charge in [0.25, 0.3) is 0 Å². The Morgan fingerprint density at radius 3 is 2.44 bits per heavy atom. The molecule has 1 heterocycles. The average Bonchev–Trinajstić information content (AvgIpc) is 2.29. The lowest BCUT2D eigenvalue weighted by Gasteiger charge is -2.37. The van der Waals surface area contributed by atoms with E-state index < -0.39 is 5.92 Å². The van der Waals surface area contributed by atoms with Crippen molar-refractivity contribution in [2.45, 2.75) is 38.0 Å². The highest BCUT2D eigenvalue weighted by atomic mass is 19.3. The molecular formula is C12H19F2NO. The molecule has 2 fully saturated rings. The molecule has 92 valence electrons. The van der Waals surface area contributed by atoms with E-state index in [9.17, 15) is 13.6 Å². The van der Waals surface area contributed by atoms with Gasteiger partial charge in [-0.3, -0.25) is 0 Å². The molecule has 0 spiro atoms. The summed E-state index contributed by atoms with van der Waals surface area (Å²) in [6.07, 6.45) is 3.17. The molecule has 1 saturated heterocycles. The van der Waals surface area contributed by atoms with E-state index in [-0.39, 0.29) is 18.8 Å². The third-order valence-electron chi connectivity index (χ3n) is 4.04. The molecule has 2 rings (SSSR count). The van der Waals surface area contributed by atoms with Crippen molar-refractivity contribution in [3.05, 3.63) is 0 Å². The first-order valence-corrected chi connectivity index (χ1v) is 6.14. The fourth-order valence-corrected chi connectivity index (χ4v) is 3.01. The molecule has 2 aliphatic rings.